The normalized spacial score (nSPS) is 20.1. The minimum Gasteiger partial charge on any atom is -0.493 e. The molecule has 0 radical (unpaired) electrons. The van der Waals surface area contributed by atoms with E-state index in [2.05, 4.69) is 70.3 Å². The van der Waals surface area contributed by atoms with Crippen molar-refractivity contribution >= 4 is 17.3 Å². The molecule has 2 atom stereocenters. The number of rotatable bonds is 11. The molecule has 2 aromatic carbocycles. The molecular weight excluding hydrogens is 464 g/mol. The van der Waals surface area contributed by atoms with E-state index in [9.17, 15) is 4.79 Å². The predicted octanol–water partition coefficient (Wildman–Crippen LogP) is 4.10. The van der Waals surface area contributed by atoms with Gasteiger partial charge in [0.05, 0.1) is 25.8 Å². The van der Waals surface area contributed by atoms with Crippen LogP contribution in [0.1, 0.15) is 32.3 Å². The highest BCUT2D eigenvalue weighted by atomic mass is 16.5. The topological polar surface area (TPSA) is 57.3 Å². The number of piperazine rings is 1. The van der Waals surface area contributed by atoms with Crippen LogP contribution in [0, 0.1) is 5.92 Å². The number of methoxy groups -OCH3 is 2. The summed E-state index contributed by atoms with van der Waals surface area (Å²) in [4.78, 5) is 20.3. The van der Waals surface area contributed by atoms with Gasteiger partial charge < -0.3 is 24.6 Å². The fourth-order valence-corrected chi connectivity index (χ4v) is 5.51. The monoisotopic (exact) mass is 506 g/mol. The number of amides is 1. The third-order valence-electron chi connectivity index (χ3n) is 7.54. The lowest BCUT2D eigenvalue weighted by Gasteiger charge is -2.36. The fraction of sp³-hybridized carbons (Fsp3) is 0.500. The Kier molecular flexibility index (Phi) is 9.34. The summed E-state index contributed by atoms with van der Waals surface area (Å²) in [6, 6.07) is 16.6. The van der Waals surface area contributed by atoms with E-state index < -0.39 is 0 Å². The van der Waals surface area contributed by atoms with Gasteiger partial charge in [0.25, 0.3) is 0 Å². The third-order valence-corrected chi connectivity index (χ3v) is 7.54. The van der Waals surface area contributed by atoms with Gasteiger partial charge in [0.15, 0.2) is 11.5 Å². The number of hydrogen-bond donors (Lipinski definition) is 1. The van der Waals surface area contributed by atoms with Gasteiger partial charge in [-0.25, -0.2) is 0 Å². The summed E-state index contributed by atoms with van der Waals surface area (Å²) in [5.41, 5.74) is 3.45. The maximum atomic E-state index is 13.1. The van der Waals surface area contributed by atoms with Crippen LogP contribution >= 0.6 is 0 Å². The van der Waals surface area contributed by atoms with Crippen molar-refractivity contribution in [1.29, 1.82) is 0 Å². The van der Waals surface area contributed by atoms with Crippen molar-refractivity contribution in [3.8, 4) is 11.5 Å². The summed E-state index contributed by atoms with van der Waals surface area (Å²) in [5, 5.41) is 3.21. The van der Waals surface area contributed by atoms with Crippen molar-refractivity contribution in [1.82, 2.24) is 15.1 Å². The molecule has 0 bridgehead atoms. The van der Waals surface area contributed by atoms with Gasteiger partial charge in [-0.3, -0.25) is 9.69 Å². The average molecular weight is 507 g/mol. The van der Waals surface area contributed by atoms with Gasteiger partial charge in [-0.1, -0.05) is 43.3 Å². The molecular formula is C30H42N4O3. The molecule has 2 aromatic rings. The van der Waals surface area contributed by atoms with Gasteiger partial charge in [0.1, 0.15) is 0 Å². The maximum Gasteiger partial charge on any atom is 0.229 e. The van der Waals surface area contributed by atoms with E-state index in [1.165, 1.54) is 11.3 Å². The van der Waals surface area contributed by atoms with Crippen molar-refractivity contribution in [3.05, 3.63) is 60.2 Å². The maximum absolute atomic E-state index is 13.1. The molecule has 2 aliphatic heterocycles. The van der Waals surface area contributed by atoms with Crippen LogP contribution in [0.15, 0.2) is 54.6 Å². The Morgan fingerprint density at radius 1 is 0.973 bits per heavy atom. The number of ether oxygens (including phenoxy) is 2. The molecule has 0 aromatic heterocycles. The van der Waals surface area contributed by atoms with E-state index in [4.69, 9.17) is 9.47 Å². The second kappa shape index (κ2) is 12.9. The summed E-state index contributed by atoms with van der Waals surface area (Å²) in [6.45, 7) is 10.9. The van der Waals surface area contributed by atoms with E-state index >= 15 is 0 Å². The molecule has 7 nitrogen and oxygen atoms in total. The van der Waals surface area contributed by atoms with Crippen LogP contribution < -0.4 is 19.7 Å². The van der Waals surface area contributed by atoms with Crippen molar-refractivity contribution in [2.75, 3.05) is 64.9 Å². The molecule has 2 heterocycles. The lowest BCUT2D eigenvalue weighted by atomic mass is 10.0. The first-order valence-electron chi connectivity index (χ1n) is 13.6. The highest BCUT2D eigenvalue weighted by Gasteiger charge is 2.35. The summed E-state index contributed by atoms with van der Waals surface area (Å²) in [5.74, 6) is 1.57. The van der Waals surface area contributed by atoms with Crippen LogP contribution in [0.2, 0.25) is 0 Å². The Hall–Kier alpha value is -3.19. The number of carbonyl (C=O) groups excluding carboxylic acids is 1. The fourth-order valence-electron chi connectivity index (χ4n) is 5.51. The van der Waals surface area contributed by atoms with Crippen LogP contribution in [0.25, 0.3) is 5.70 Å². The quantitative estimate of drug-likeness (QED) is 0.463. The zero-order valence-corrected chi connectivity index (χ0v) is 22.8. The van der Waals surface area contributed by atoms with Crippen molar-refractivity contribution in [2.45, 2.75) is 32.7 Å². The second-order valence-electron chi connectivity index (χ2n) is 9.86. The Morgan fingerprint density at radius 2 is 1.73 bits per heavy atom. The zero-order valence-electron chi connectivity index (χ0n) is 22.8. The Morgan fingerprint density at radius 3 is 2.41 bits per heavy atom. The lowest BCUT2D eigenvalue weighted by molar-refractivity contribution is -0.124. The van der Waals surface area contributed by atoms with E-state index in [1.54, 1.807) is 14.2 Å². The molecule has 7 heteroatoms. The van der Waals surface area contributed by atoms with Gasteiger partial charge in [-0.2, -0.15) is 0 Å². The van der Waals surface area contributed by atoms with Gasteiger partial charge in [0.2, 0.25) is 5.91 Å². The van der Waals surface area contributed by atoms with Crippen LogP contribution in [0.3, 0.4) is 0 Å². The van der Waals surface area contributed by atoms with Gasteiger partial charge >= 0.3 is 0 Å². The van der Waals surface area contributed by atoms with E-state index in [0.717, 1.165) is 69.3 Å². The van der Waals surface area contributed by atoms with Crippen molar-refractivity contribution < 1.29 is 14.3 Å². The Labute approximate surface area is 222 Å². The van der Waals surface area contributed by atoms with E-state index in [1.807, 2.05) is 18.2 Å². The molecule has 2 unspecified atom stereocenters. The SMILES string of the molecule is CCCN1C(c2ccccc2)=CC(C(=O)NCCCN2CCN(c3cccc(OC)c3OC)CC2)C1C. The molecule has 1 amide bonds. The molecule has 0 aliphatic carbocycles. The number of nitrogens with one attached hydrogen (secondary N) is 1. The first-order valence-corrected chi connectivity index (χ1v) is 13.6. The van der Waals surface area contributed by atoms with Crippen LogP contribution in [0.5, 0.6) is 11.5 Å². The smallest absolute Gasteiger partial charge is 0.229 e. The summed E-state index contributed by atoms with van der Waals surface area (Å²) in [7, 11) is 3.36. The number of para-hydroxylation sites is 1. The number of benzene rings is 2. The minimum atomic E-state index is -0.122. The highest BCUT2D eigenvalue weighted by molar-refractivity contribution is 5.85. The molecule has 200 valence electrons. The number of carbonyl (C=O) groups is 1. The van der Waals surface area contributed by atoms with Crippen molar-refractivity contribution in [3.63, 3.8) is 0 Å². The van der Waals surface area contributed by atoms with Gasteiger partial charge in [-0.05, 0) is 50.1 Å². The lowest BCUT2D eigenvalue weighted by Crippen LogP contribution is -2.47. The van der Waals surface area contributed by atoms with Gasteiger partial charge in [-0.15, -0.1) is 0 Å². The van der Waals surface area contributed by atoms with Crippen LogP contribution in [-0.2, 0) is 4.79 Å². The molecule has 1 fully saturated rings. The summed E-state index contributed by atoms with van der Waals surface area (Å²) < 4.78 is 11.1. The number of hydrogen-bond acceptors (Lipinski definition) is 6. The molecule has 2 aliphatic rings. The zero-order chi connectivity index (χ0) is 26.2. The molecule has 4 rings (SSSR count). The number of nitrogens with zero attached hydrogens (tertiary/aromatic N) is 3. The van der Waals surface area contributed by atoms with Crippen LogP contribution in [-0.4, -0.2) is 81.8 Å². The van der Waals surface area contributed by atoms with E-state index in [0.29, 0.717) is 6.54 Å². The summed E-state index contributed by atoms with van der Waals surface area (Å²) >= 11 is 0. The molecule has 1 N–H and O–H groups in total. The van der Waals surface area contributed by atoms with E-state index in [-0.39, 0.29) is 17.9 Å². The molecule has 37 heavy (non-hydrogen) atoms. The Bertz CT molecular complexity index is 1050. The van der Waals surface area contributed by atoms with Crippen LogP contribution in [0.4, 0.5) is 5.69 Å². The molecule has 1 saturated heterocycles. The third kappa shape index (κ3) is 6.21. The van der Waals surface area contributed by atoms with Crippen molar-refractivity contribution in [2.24, 2.45) is 5.92 Å². The molecule has 0 spiro atoms. The number of anilines is 1. The predicted molar refractivity (Wildman–Crippen MR) is 150 cm³/mol. The largest absolute Gasteiger partial charge is 0.493 e. The average Bonchev–Trinajstić information content (AvgIpc) is 3.27. The standard InChI is InChI=1S/C30H42N4O3/c1-5-16-34-23(2)25(22-27(34)24-11-7-6-8-12-24)30(35)31-15-10-17-32-18-20-33(21-19-32)26-13-9-14-28(36-3)29(26)37-4/h6-9,11-14,22-23,25H,5,10,15-21H2,1-4H3,(H,31,35). The minimum absolute atomic E-state index is 0.122. The first kappa shape index (κ1) is 26.9. The summed E-state index contributed by atoms with van der Waals surface area (Å²) in [6.07, 6.45) is 4.17. The van der Waals surface area contributed by atoms with Gasteiger partial charge in [0, 0.05) is 51.0 Å². The highest BCUT2D eigenvalue weighted by Crippen LogP contribution is 2.37. The molecule has 0 saturated carbocycles. The Balaban J connectivity index is 1.24. The first-order chi connectivity index (χ1) is 18.1. The second-order valence-corrected chi connectivity index (χ2v) is 9.86.